The maximum atomic E-state index is 12.7. The van der Waals surface area contributed by atoms with Gasteiger partial charge in [-0.15, -0.1) is 0 Å². The molecule has 1 amide bonds. The molecule has 0 aliphatic heterocycles. The standard InChI is InChI=1S/C18H20N4O2/c1-3-14-16(18(23)20-12-13-8-5-6-10-19-13)22-11-7-9-15(24-4-2)17(22)21-14/h5-11H,3-4,12H2,1-2H3,(H,20,23). The molecule has 3 aromatic rings. The molecular formula is C18H20N4O2. The number of aryl methyl sites for hydroxylation is 1. The van der Waals surface area contributed by atoms with E-state index in [1.807, 2.05) is 50.4 Å². The highest BCUT2D eigenvalue weighted by molar-refractivity contribution is 5.95. The van der Waals surface area contributed by atoms with Crippen LogP contribution in [-0.2, 0) is 13.0 Å². The third kappa shape index (κ3) is 3.08. The fourth-order valence-corrected chi connectivity index (χ4v) is 2.60. The van der Waals surface area contributed by atoms with Crippen LogP contribution in [0.1, 0.15) is 35.7 Å². The van der Waals surface area contributed by atoms with Crippen molar-refractivity contribution in [3.63, 3.8) is 0 Å². The average Bonchev–Trinajstić information content (AvgIpc) is 3.00. The summed E-state index contributed by atoms with van der Waals surface area (Å²) in [5.41, 5.74) is 2.78. The minimum atomic E-state index is -0.168. The summed E-state index contributed by atoms with van der Waals surface area (Å²) in [7, 11) is 0. The zero-order valence-electron chi connectivity index (χ0n) is 13.8. The number of nitrogens with zero attached hydrogens (tertiary/aromatic N) is 3. The number of carbonyl (C=O) groups is 1. The summed E-state index contributed by atoms with van der Waals surface area (Å²) in [6.45, 7) is 4.84. The molecule has 24 heavy (non-hydrogen) atoms. The van der Waals surface area contributed by atoms with E-state index in [2.05, 4.69) is 15.3 Å². The van der Waals surface area contributed by atoms with Gasteiger partial charge in [0.15, 0.2) is 11.4 Å². The van der Waals surface area contributed by atoms with Crippen LogP contribution in [0.2, 0.25) is 0 Å². The van der Waals surface area contributed by atoms with E-state index >= 15 is 0 Å². The number of ether oxygens (including phenoxy) is 1. The van der Waals surface area contributed by atoms with E-state index in [1.165, 1.54) is 0 Å². The lowest BCUT2D eigenvalue weighted by atomic mass is 10.2. The Bertz CT molecular complexity index is 843. The largest absolute Gasteiger partial charge is 0.490 e. The Morgan fingerprint density at radius 3 is 2.83 bits per heavy atom. The smallest absolute Gasteiger partial charge is 0.270 e. The highest BCUT2D eigenvalue weighted by Crippen LogP contribution is 2.22. The molecule has 0 radical (unpaired) electrons. The number of hydrogen-bond donors (Lipinski definition) is 1. The summed E-state index contributed by atoms with van der Waals surface area (Å²) in [5.74, 6) is 0.511. The van der Waals surface area contributed by atoms with Crippen LogP contribution in [0.4, 0.5) is 0 Å². The molecule has 0 aromatic carbocycles. The number of nitrogens with one attached hydrogen (secondary N) is 1. The van der Waals surface area contributed by atoms with Crippen molar-refractivity contribution in [2.75, 3.05) is 6.61 Å². The number of aromatic nitrogens is 3. The molecule has 0 unspecified atom stereocenters. The van der Waals surface area contributed by atoms with Gasteiger partial charge in [-0.1, -0.05) is 13.0 Å². The van der Waals surface area contributed by atoms with E-state index in [0.29, 0.717) is 36.7 Å². The van der Waals surface area contributed by atoms with Crippen LogP contribution in [0.15, 0.2) is 42.7 Å². The average molecular weight is 324 g/mol. The third-order valence-electron chi connectivity index (χ3n) is 3.69. The second-order valence-electron chi connectivity index (χ2n) is 5.26. The molecule has 1 N–H and O–H groups in total. The van der Waals surface area contributed by atoms with E-state index < -0.39 is 0 Å². The topological polar surface area (TPSA) is 68.5 Å². The van der Waals surface area contributed by atoms with E-state index in [9.17, 15) is 4.79 Å². The van der Waals surface area contributed by atoms with Crippen molar-refractivity contribution in [3.05, 3.63) is 59.8 Å². The summed E-state index contributed by atoms with van der Waals surface area (Å²) in [4.78, 5) is 21.5. The van der Waals surface area contributed by atoms with Crippen LogP contribution < -0.4 is 10.1 Å². The zero-order valence-corrected chi connectivity index (χ0v) is 13.8. The summed E-state index contributed by atoms with van der Waals surface area (Å²) in [6, 6.07) is 9.34. The second kappa shape index (κ2) is 7.12. The first-order valence-corrected chi connectivity index (χ1v) is 8.05. The Morgan fingerprint density at radius 1 is 1.25 bits per heavy atom. The lowest BCUT2D eigenvalue weighted by molar-refractivity contribution is 0.0943. The van der Waals surface area contributed by atoms with E-state index in [4.69, 9.17) is 4.74 Å². The van der Waals surface area contributed by atoms with Crippen LogP contribution in [0.25, 0.3) is 5.65 Å². The predicted octanol–water partition coefficient (Wildman–Crippen LogP) is 2.62. The third-order valence-corrected chi connectivity index (χ3v) is 3.69. The molecule has 3 aromatic heterocycles. The number of fused-ring (bicyclic) bond motifs is 1. The molecule has 3 heterocycles. The molecule has 0 saturated carbocycles. The Kier molecular flexibility index (Phi) is 4.74. The highest BCUT2D eigenvalue weighted by Gasteiger charge is 2.20. The summed E-state index contributed by atoms with van der Waals surface area (Å²) in [6.07, 6.45) is 4.21. The summed E-state index contributed by atoms with van der Waals surface area (Å²) >= 11 is 0. The maximum Gasteiger partial charge on any atom is 0.270 e. The van der Waals surface area contributed by atoms with Crippen molar-refractivity contribution in [2.24, 2.45) is 0 Å². The van der Waals surface area contributed by atoms with Gasteiger partial charge >= 0.3 is 0 Å². The number of rotatable bonds is 6. The van der Waals surface area contributed by atoms with Gasteiger partial charge in [0, 0.05) is 12.4 Å². The number of imidazole rings is 1. The van der Waals surface area contributed by atoms with Crippen LogP contribution in [0.3, 0.4) is 0 Å². The molecule has 0 spiro atoms. The van der Waals surface area contributed by atoms with E-state index in [1.54, 1.807) is 10.6 Å². The molecule has 0 atom stereocenters. The van der Waals surface area contributed by atoms with Gasteiger partial charge < -0.3 is 10.1 Å². The fraction of sp³-hybridized carbons (Fsp3) is 0.278. The molecular weight excluding hydrogens is 304 g/mol. The Labute approximate surface area is 140 Å². The Morgan fingerprint density at radius 2 is 2.12 bits per heavy atom. The van der Waals surface area contributed by atoms with Crippen LogP contribution >= 0.6 is 0 Å². The SMILES string of the molecule is CCOc1cccn2c(C(=O)NCc3ccccn3)c(CC)nc12. The van der Waals surface area contributed by atoms with E-state index in [0.717, 1.165) is 11.4 Å². The van der Waals surface area contributed by atoms with Gasteiger partial charge in [0.2, 0.25) is 0 Å². The van der Waals surface area contributed by atoms with Gasteiger partial charge in [-0.05, 0) is 37.6 Å². The molecule has 0 bridgehead atoms. The zero-order chi connectivity index (χ0) is 16.9. The van der Waals surface area contributed by atoms with Gasteiger partial charge in [-0.25, -0.2) is 4.98 Å². The van der Waals surface area contributed by atoms with Crippen LogP contribution in [0.5, 0.6) is 5.75 Å². The van der Waals surface area contributed by atoms with Gasteiger partial charge in [-0.2, -0.15) is 0 Å². The van der Waals surface area contributed by atoms with Gasteiger partial charge in [0.25, 0.3) is 5.91 Å². The molecule has 124 valence electrons. The highest BCUT2D eigenvalue weighted by atomic mass is 16.5. The maximum absolute atomic E-state index is 12.7. The van der Waals surface area contributed by atoms with Crippen molar-refractivity contribution < 1.29 is 9.53 Å². The second-order valence-corrected chi connectivity index (χ2v) is 5.26. The lowest BCUT2D eigenvalue weighted by Gasteiger charge is -2.07. The van der Waals surface area contributed by atoms with Crippen molar-refractivity contribution in [3.8, 4) is 5.75 Å². The van der Waals surface area contributed by atoms with Crippen molar-refractivity contribution in [1.29, 1.82) is 0 Å². The Hall–Kier alpha value is -2.89. The molecule has 0 fully saturated rings. The molecule has 6 nitrogen and oxygen atoms in total. The first-order valence-electron chi connectivity index (χ1n) is 8.05. The van der Waals surface area contributed by atoms with Crippen molar-refractivity contribution in [1.82, 2.24) is 19.7 Å². The molecule has 0 aliphatic carbocycles. The number of hydrogen-bond acceptors (Lipinski definition) is 4. The van der Waals surface area contributed by atoms with Gasteiger partial charge in [-0.3, -0.25) is 14.2 Å². The van der Waals surface area contributed by atoms with E-state index in [-0.39, 0.29) is 5.91 Å². The Balaban J connectivity index is 1.92. The molecule has 0 aliphatic rings. The van der Waals surface area contributed by atoms with Crippen molar-refractivity contribution in [2.45, 2.75) is 26.8 Å². The van der Waals surface area contributed by atoms with Crippen molar-refractivity contribution >= 4 is 11.6 Å². The minimum Gasteiger partial charge on any atom is -0.490 e. The summed E-state index contributed by atoms with van der Waals surface area (Å²) in [5, 5.41) is 2.92. The molecule has 0 saturated heterocycles. The monoisotopic (exact) mass is 324 g/mol. The lowest BCUT2D eigenvalue weighted by Crippen LogP contribution is -2.25. The number of pyridine rings is 2. The first-order chi connectivity index (χ1) is 11.7. The molecule has 3 rings (SSSR count). The van der Waals surface area contributed by atoms with Gasteiger partial charge in [0.05, 0.1) is 24.5 Å². The quantitative estimate of drug-likeness (QED) is 0.757. The fourth-order valence-electron chi connectivity index (χ4n) is 2.60. The van der Waals surface area contributed by atoms with Crippen LogP contribution in [0, 0.1) is 0 Å². The van der Waals surface area contributed by atoms with Crippen LogP contribution in [-0.4, -0.2) is 26.9 Å². The number of amides is 1. The predicted molar refractivity (Wildman–Crippen MR) is 91.1 cm³/mol. The molecule has 6 heteroatoms. The minimum absolute atomic E-state index is 0.168. The summed E-state index contributed by atoms with van der Waals surface area (Å²) < 4.78 is 7.41. The van der Waals surface area contributed by atoms with Gasteiger partial charge in [0.1, 0.15) is 5.69 Å². The number of carbonyl (C=O) groups excluding carboxylic acids is 1. The normalized spacial score (nSPS) is 10.8. The first kappa shape index (κ1) is 16.0.